The SMILES string of the molecule is CCCC(C(=O)c1ccccc1)C1=NC(C)(C)Cc2ccccc21.Cl. The Morgan fingerprint density at radius 2 is 1.72 bits per heavy atom. The Balaban J connectivity index is 0.00000225. The molecule has 0 spiro atoms. The normalized spacial score (nSPS) is 16.2. The zero-order chi connectivity index (χ0) is 17.2. The van der Waals surface area contributed by atoms with Crippen molar-refractivity contribution in [2.45, 2.75) is 45.6 Å². The number of ketones is 1. The minimum Gasteiger partial charge on any atom is -0.293 e. The van der Waals surface area contributed by atoms with Crippen molar-refractivity contribution in [3.63, 3.8) is 0 Å². The molecule has 132 valence electrons. The third kappa shape index (κ3) is 4.19. The summed E-state index contributed by atoms with van der Waals surface area (Å²) in [6.07, 6.45) is 2.72. The summed E-state index contributed by atoms with van der Waals surface area (Å²) in [7, 11) is 0. The van der Waals surface area contributed by atoms with Crippen LogP contribution in [-0.4, -0.2) is 17.0 Å². The maximum Gasteiger partial charge on any atom is 0.171 e. The molecule has 0 aliphatic carbocycles. The fourth-order valence-corrected chi connectivity index (χ4v) is 3.57. The van der Waals surface area contributed by atoms with Crippen LogP contribution in [-0.2, 0) is 6.42 Å². The van der Waals surface area contributed by atoms with Gasteiger partial charge in [0, 0.05) is 5.56 Å². The molecule has 2 aromatic rings. The molecule has 0 fully saturated rings. The van der Waals surface area contributed by atoms with Crippen molar-refractivity contribution in [3.05, 3.63) is 71.3 Å². The Hall–Kier alpha value is -1.93. The number of rotatable bonds is 5. The van der Waals surface area contributed by atoms with Crippen molar-refractivity contribution in [2.75, 3.05) is 0 Å². The van der Waals surface area contributed by atoms with Crippen LogP contribution in [0.3, 0.4) is 0 Å². The maximum atomic E-state index is 13.2. The number of aliphatic imine (C=N–C) groups is 1. The lowest BCUT2D eigenvalue weighted by molar-refractivity contribution is 0.0949. The molecule has 0 bridgehead atoms. The van der Waals surface area contributed by atoms with E-state index in [4.69, 9.17) is 4.99 Å². The van der Waals surface area contributed by atoms with E-state index < -0.39 is 0 Å². The van der Waals surface area contributed by atoms with Crippen LogP contribution in [0.25, 0.3) is 0 Å². The van der Waals surface area contributed by atoms with Gasteiger partial charge in [-0.15, -0.1) is 12.4 Å². The first-order valence-corrected chi connectivity index (χ1v) is 8.79. The first-order chi connectivity index (χ1) is 11.5. The molecule has 0 aromatic heterocycles. The fourth-order valence-electron chi connectivity index (χ4n) is 3.57. The molecule has 3 heteroatoms. The molecule has 0 saturated heterocycles. The van der Waals surface area contributed by atoms with Crippen molar-refractivity contribution >= 4 is 23.9 Å². The zero-order valence-corrected chi connectivity index (χ0v) is 16.0. The molecule has 0 N–H and O–H groups in total. The van der Waals surface area contributed by atoms with Gasteiger partial charge in [0.05, 0.1) is 17.2 Å². The first-order valence-electron chi connectivity index (χ1n) is 8.79. The third-order valence-corrected chi connectivity index (χ3v) is 4.62. The summed E-state index contributed by atoms with van der Waals surface area (Å²) in [6, 6.07) is 18.0. The second-order valence-electron chi connectivity index (χ2n) is 7.21. The predicted molar refractivity (Wildman–Crippen MR) is 107 cm³/mol. The quantitative estimate of drug-likeness (QED) is 0.648. The zero-order valence-electron chi connectivity index (χ0n) is 15.2. The van der Waals surface area contributed by atoms with Gasteiger partial charge in [0.1, 0.15) is 0 Å². The molecule has 1 unspecified atom stereocenters. The molecule has 0 saturated carbocycles. The summed E-state index contributed by atoms with van der Waals surface area (Å²) < 4.78 is 0. The number of hydrogen-bond donors (Lipinski definition) is 0. The predicted octanol–water partition coefficient (Wildman–Crippen LogP) is 5.53. The van der Waals surface area contributed by atoms with Gasteiger partial charge in [-0.05, 0) is 37.8 Å². The second kappa shape index (κ2) is 7.97. The van der Waals surface area contributed by atoms with Gasteiger partial charge in [-0.1, -0.05) is 67.9 Å². The molecule has 3 rings (SSSR count). The van der Waals surface area contributed by atoms with Gasteiger partial charge in [-0.3, -0.25) is 9.79 Å². The Labute approximate surface area is 156 Å². The minimum atomic E-state index is -0.168. The smallest absolute Gasteiger partial charge is 0.171 e. The highest BCUT2D eigenvalue weighted by Crippen LogP contribution is 2.31. The van der Waals surface area contributed by atoms with E-state index in [-0.39, 0.29) is 29.6 Å². The number of carbonyl (C=O) groups is 1. The first kappa shape index (κ1) is 19.4. The molecular weight excluding hydrogens is 330 g/mol. The lowest BCUT2D eigenvalue weighted by Gasteiger charge is -2.32. The summed E-state index contributed by atoms with van der Waals surface area (Å²) in [6.45, 7) is 6.43. The van der Waals surface area contributed by atoms with Crippen LogP contribution >= 0.6 is 12.4 Å². The topological polar surface area (TPSA) is 29.4 Å². The average Bonchev–Trinajstić information content (AvgIpc) is 2.58. The number of benzene rings is 2. The van der Waals surface area contributed by atoms with Crippen LogP contribution in [0, 0.1) is 5.92 Å². The number of nitrogens with zero attached hydrogens (tertiary/aromatic N) is 1. The van der Waals surface area contributed by atoms with Gasteiger partial charge in [-0.25, -0.2) is 0 Å². The molecule has 1 atom stereocenters. The molecule has 1 aliphatic heterocycles. The van der Waals surface area contributed by atoms with E-state index in [9.17, 15) is 4.79 Å². The van der Waals surface area contributed by atoms with E-state index in [0.717, 1.165) is 36.1 Å². The number of carbonyl (C=O) groups excluding carboxylic acids is 1. The van der Waals surface area contributed by atoms with Crippen molar-refractivity contribution in [2.24, 2.45) is 10.9 Å². The third-order valence-electron chi connectivity index (χ3n) is 4.62. The molecule has 1 aliphatic rings. The van der Waals surface area contributed by atoms with Gasteiger partial charge in [0.2, 0.25) is 0 Å². The summed E-state index contributed by atoms with van der Waals surface area (Å²) in [5.41, 5.74) is 4.04. The van der Waals surface area contributed by atoms with Crippen LogP contribution in [0.1, 0.15) is 55.1 Å². The average molecular weight is 356 g/mol. The summed E-state index contributed by atoms with van der Waals surface area (Å²) in [4.78, 5) is 18.2. The standard InChI is InChI=1S/C22H25NO.ClH/c1-4-10-19(21(24)16-11-6-5-7-12-16)20-18-14-9-8-13-17(18)15-22(2,3)23-20;/h5-9,11-14,19H,4,10,15H2,1-3H3;1H. The highest BCUT2D eigenvalue weighted by atomic mass is 35.5. The Morgan fingerprint density at radius 1 is 1.08 bits per heavy atom. The largest absolute Gasteiger partial charge is 0.293 e. The van der Waals surface area contributed by atoms with Crippen LogP contribution < -0.4 is 0 Å². The van der Waals surface area contributed by atoms with Crippen LogP contribution in [0.5, 0.6) is 0 Å². The van der Waals surface area contributed by atoms with Gasteiger partial charge < -0.3 is 0 Å². The summed E-state index contributed by atoms with van der Waals surface area (Å²) >= 11 is 0. The molecule has 2 aromatic carbocycles. The van der Waals surface area contributed by atoms with Gasteiger partial charge in [0.15, 0.2) is 5.78 Å². The Bertz CT molecular complexity index is 765. The highest BCUT2D eigenvalue weighted by Gasteiger charge is 2.33. The highest BCUT2D eigenvalue weighted by molar-refractivity contribution is 6.19. The van der Waals surface area contributed by atoms with E-state index in [1.54, 1.807) is 0 Å². The number of fused-ring (bicyclic) bond motifs is 1. The van der Waals surface area contributed by atoms with E-state index in [0.29, 0.717) is 0 Å². The molecular formula is C22H26ClNO. The lowest BCUT2D eigenvalue weighted by Crippen LogP contribution is -2.35. The molecule has 0 amide bonds. The maximum absolute atomic E-state index is 13.2. The summed E-state index contributed by atoms with van der Waals surface area (Å²) in [5.74, 6) is 0.0156. The molecule has 0 radical (unpaired) electrons. The van der Waals surface area contributed by atoms with Gasteiger partial charge in [0.25, 0.3) is 0 Å². The van der Waals surface area contributed by atoms with E-state index in [2.05, 4.69) is 39.0 Å². The fraction of sp³-hybridized carbons (Fsp3) is 0.364. The molecule has 25 heavy (non-hydrogen) atoms. The Kier molecular flexibility index (Phi) is 6.18. The van der Waals surface area contributed by atoms with Crippen molar-refractivity contribution in [3.8, 4) is 0 Å². The monoisotopic (exact) mass is 355 g/mol. The van der Waals surface area contributed by atoms with E-state index in [1.807, 2.05) is 36.4 Å². The number of hydrogen-bond acceptors (Lipinski definition) is 2. The number of halogens is 1. The van der Waals surface area contributed by atoms with E-state index in [1.165, 1.54) is 5.56 Å². The molecule has 1 heterocycles. The van der Waals surface area contributed by atoms with Crippen LogP contribution in [0.2, 0.25) is 0 Å². The van der Waals surface area contributed by atoms with Gasteiger partial charge in [-0.2, -0.15) is 0 Å². The Morgan fingerprint density at radius 3 is 2.40 bits per heavy atom. The van der Waals surface area contributed by atoms with Crippen molar-refractivity contribution < 1.29 is 4.79 Å². The van der Waals surface area contributed by atoms with Gasteiger partial charge >= 0.3 is 0 Å². The summed E-state index contributed by atoms with van der Waals surface area (Å²) in [5, 5.41) is 0. The van der Waals surface area contributed by atoms with E-state index >= 15 is 0 Å². The second-order valence-corrected chi connectivity index (χ2v) is 7.21. The van der Waals surface area contributed by atoms with Crippen molar-refractivity contribution in [1.29, 1.82) is 0 Å². The van der Waals surface area contributed by atoms with Crippen molar-refractivity contribution in [1.82, 2.24) is 0 Å². The molecule has 2 nitrogen and oxygen atoms in total. The lowest BCUT2D eigenvalue weighted by atomic mass is 9.79. The van der Waals surface area contributed by atoms with Crippen LogP contribution in [0.15, 0.2) is 59.6 Å². The number of Topliss-reactive ketones (excluding diaryl/α,β-unsaturated/α-hetero) is 1. The minimum absolute atomic E-state index is 0. The van der Waals surface area contributed by atoms with Crippen LogP contribution in [0.4, 0.5) is 0 Å².